The van der Waals surface area contributed by atoms with Gasteiger partial charge < -0.3 is 0 Å². The van der Waals surface area contributed by atoms with Gasteiger partial charge in [0, 0.05) is 0 Å². The van der Waals surface area contributed by atoms with Gasteiger partial charge in [0.05, 0.1) is 0 Å². The SMILES string of the molecule is C[C](C)(C)[Ge][c]1cc2c(cc1F)sc1c(Cl)nccc12. The summed E-state index contributed by atoms with van der Waals surface area (Å²) >= 11 is 7.11. The van der Waals surface area contributed by atoms with E-state index < -0.39 is 15.4 Å². The molecule has 0 spiro atoms. The Bertz CT molecular complexity index is 807. The Kier molecular flexibility index (Phi) is 3.55. The molecule has 0 atom stereocenters. The molecule has 2 radical (unpaired) electrons. The number of aromatic nitrogens is 1. The molecule has 0 saturated carbocycles. The first-order valence-corrected chi connectivity index (χ1v) is 9.59. The molecule has 0 unspecified atom stereocenters. The predicted molar refractivity (Wildman–Crippen MR) is 87.2 cm³/mol. The molecule has 5 heteroatoms. The third-order valence-corrected chi connectivity index (χ3v) is 7.46. The van der Waals surface area contributed by atoms with E-state index in [1.54, 1.807) is 12.3 Å². The Morgan fingerprint density at radius 1 is 1.25 bits per heavy atom. The minimum absolute atomic E-state index is 0.0805. The second-order valence-electron chi connectivity index (χ2n) is 5.78. The average molecular weight is 366 g/mol. The maximum atomic E-state index is 14.3. The second kappa shape index (κ2) is 4.97. The van der Waals surface area contributed by atoms with Crippen LogP contribution in [0.5, 0.6) is 0 Å². The van der Waals surface area contributed by atoms with Gasteiger partial charge in [-0.1, -0.05) is 0 Å². The van der Waals surface area contributed by atoms with Crippen LogP contribution in [-0.2, 0) is 0 Å². The Morgan fingerprint density at radius 2 is 2.00 bits per heavy atom. The third-order valence-electron chi connectivity index (χ3n) is 2.94. The van der Waals surface area contributed by atoms with E-state index in [2.05, 4.69) is 25.8 Å². The van der Waals surface area contributed by atoms with E-state index in [9.17, 15) is 4.39 Å². The summed E-state index contributed by atoms with van der Waals surface area (Å²) < 4.78 is 17.2. The van der Waals surface area contributed by atoms with Gasteiger partial charge in [0.1, 0.15) is 0 Å². The molecule has 0 saturated heterocycles. The molecule has 2 aromatic heterocycles. The zero-order chi connectivity index (χ0) is 14.5. The molecular weight excluding hydrogens is 353 g/mol. The summed E-state index contributed by atoms with van der Waals surface area (Å²) in [5.74, 6) is -0.0805. The first kappa shape index (κ1) is 14.3. The van der Waals surface area contributed by atoms with E-state index in [0.29, 0.717) is 5.15 Å². The molecular formula is C15H13ClFGeNS. The number of nitrogens with zero attached hydrogens (tertiary/aromatic N) is 1. The number of halogens is 2. The Balaban J connectivity index is 2.28. The van der Waals surface area contributed by atoms with Gasteiger partial charge in [-0.3, -0.25) is 0 Å². The molecule has 0 N–H and O–H groups in total. The van der Waals surface area contributed by atoms with Crippen molar-refractivity contribution < 1.29 is 4.39 Å². The Labute approximate surface area is 132 Å². The number of hydrogen-bond donors (Lipinski definition) is 0. The number of hydrogen-bond acceptors (Lipinski definition) is 2. The van der Waals surface area contributed by atoms with E-state index in [-0.39, 0.29) is 10.1 Å². The van der Waals surface area contributed by atoms with Crippen molar-refractivity contribution in [1.82, 2.24) is 4.98 Å². The van der Waals surface area contributed by atoms with E-state index in [1.165, 1.54) is 11.3 Å². The quantitative estimate of drug-likeness (QED) is 0.446. The molecule has 0 aliphatic carbocycles. The summed E-state index contributed by atoms with van der Waals surface area (Å²) in [6.45, 7) is 6.51. The summed E-state index contributed by atoms with van der Waals surface area (Å²) in [4.78, 5) is 4.10. The summed E-state index contributed by atoms with van der Waals surface area (Å²) in [6, 6.07) is 5.63. The third kappa shape index (κ3) is 2.59. The topological polar surface area (TPSA) is 12.9 Å². The maximum absolute atomic E-state index is 14.3. The van der Waals surface area contributed by atoms with Crippen molar-refractivity contribution >= 4 is 62.9 Å². The van der Waals surface area contributed by atoms with Crippen molar-refractivity contribution in [3.05, 3.63) is 35.4 Å². The van der Waals surface area contributed by atoms with Crippen LogP contribution in [0.1, 0.15) is 20.8 Å². The number of pyridine rings is 1. The molecule has 102 valence electrons. The molecule has 3 aromatic rings. The molecule has 20 heavy (non-hydrogen) atoms. The van der Waals surface area contributed by atoms with Gasteiger partial charge in [-0.2, -0.15) is 0 Å². The van der Waals surface area contributed by atoms with E-state index >= 15 is 0 Å². The standard InChI is InChI=1S/C15H13ClFGeNS/c1-15(2,3)18-11-6-9-8-4-5-19-14(16)13(8)20-12(9)7-10(11)17/h4-7H,1-3H3. The summed E-state index contributed by atoms with van der Waals surface area (Å²) in [5.41, 5.74) is 0. The Morgan fingerprint density at radius 3 is 2.70 bits per heavy atom. The fourth-order valence-electron chi connectivity index (χ4n) is 2.19. The molecule has 0 bridgehead atoms. The monoisotopic (exact) mass is 367 g/mol. The summed E-state index contributed by atoms with van der Waals surface area (Å²) in [7, 11) is 0. The van der Waals surface area contributed by atoms with Gasteiger partial charge in [-0.25, -0.2) is 0 Å². The summed E-state index contributed by atoms with van der Waals surface area (Å²) in [6.07, 6.45) is 1.71. The van der Waals surface area contributed by atoms with Gasteiger partial charge >= 0.3 is 133 Å². The number of fused-ring (bicyclic) bond motifs is 3. The predicted octanol–water partition coefficient (Wildman–Crippen LogP) is 4.79. The van der Waals surface area contributed by atoms with Crippen LogP contribution < -0.4 is 4.40 Å². The van der Waals surface area contributed by atoms with Crippen LogP contribution in [0.3, 0.4) is 0 Å². The zero-order valence-corrected chi connectivity index (χ0v) is 15.1. The van der Waals surface area contributed by atoms with Crippen molar-refractivity contribution in [2.75, 3.05) is 0 Å². The van der Waals surface area contributed by atoms with Crippen molar-refractivity contribution in [2.24, 2.45) is 0 Å². The second-order valence-corrected chi connectivity index (χ2v) is 12.0. The molecule has 1 nitrogen and oxygen atoms in total. The first-order valence-electron chi connectivity index (χ1n) is 6.29. The van der Waals surface area contributed by atoms with E-state index in [0.717, 1.165) is 24.6 Å². The average Bonchev–Trinajstić information content (AvgIpc) is 2.67. The molecule has 0 aliphatic rings. The van der Waals surface area contributed by atoms with Gasteiger partial charge in [0.2, 0.25) is 0 Å². The molecule has 0 fully saturated rings. The molecule has 2 heterocycles. The molecule has 0 amide bonds. The first-order chi connectivity index (χ1) is 9.35. The normalized spacial score (nSPS) is 12.4. The van der Waals surface area contributed by atoms with E-state index in [1.807, 2.05) is 12.1 Å². The fourth-order valence-corrected chi connectivity index (χ4v) is 6.10. The number of benzene rings is 1. The van der Waals surface area contributed by atoms with Crippen LogP contribution in [0.2, 0.25) is 9.40 Å². The van der Waals surface area contributed by atoms with Crippen molar-refractivity contribution in [1.29, 1.82) is 0 Å². The van der Waals surface area contributed by atoms with Crippen molar-refractivity contribution in [2.45, 2.75) is 25.0 Å². The van der Waals surface area contributed by atoms with Crippen molar-refractivity contribution in [3.8, 4) is 0 Å². The number of rotatable bonds is 1. The van der Waals surface area contributed by atoms with Gasteiger partial charge in [-0.05, 0) is 0 Å². The van der Waals surface area contributed by atoms with Crippen LogP contribution in [0.15, 0.2) is 24.4 Å². The Hall–Kier alpha value is -0.647. The van der Waals surface area contributed by atoms with E-state index in [4.69, 9.17) is 11.6 Å². The van der Waals surface area contributed by atoms with Crippen LogP contribution >= 0.6 is 22.9 Å². The van der Waals surface area contributed by atoms with Gasteiger partial charge in [0.15, 0.2) is 0 Å². The van der Waals surface area contributed by atoms with Gasteiger partial charge in [0.25, 0.3) is 0 Å². The van der Waals surface area contributed by atoms with Crippen LogP contribution in [0.4, 0.5) is 4.39 Å². The zero-order valence-electron chi connectivity index (χ0n) is 11.4. The van der Waals surface area contributed by atoms with Crippen LogP contribution in [0, 0.1) is 5.82 Å². The van der Waals surface area contributed by atoms with Crippen molar-refractivity contribution in [3.63, 3.8) is 0 Å². The number of thiophene rings is 1. The van der Waals surface area contributed by atoms with Crippen LogP contribution in [0.25, 0.3) is 20.2 Å². The van der Waals surface area contributed by atoms with Gasteiger partial charge in [-0.15, -0.1) is 0 Å². The minimum atomic E-state index is -0.526. The van der Waals surface area contributed by atoms with Crippen LogP contribution in [-0.4, -0.2) is 20.4 Å². The summed E-state index contributed by atoms with van der Waals surface area (Å²) in [5, 5.41) is 2.67. The molecule has 1 aromatic carbocycles. The fraction of sp³-hybridized carbons (Fsp3) is 0.267. The molecule has 3 rings (SSSR count). The molecule has 0 aliphatic heterocycles.